The van der Waals surface area contributed by atoms with Crippen molar-refractivity contribution >= 4 is 0 Å². The number of rotatable bonds is 2. The van der Waals surface area contributed by atoms with Gasteiger partial charge in [0.1, 0.15) is 0 Å². The van der Waals surface area contributed by atoms with Crippen LogP contribution in [0.5, 0.6) is 0 Å². The molecule has 0 atom stereocenters. The summed E-state index contributed by atoms with van der Waals surface area (Å²) in [6, 6.07) is 0. The predicted molar refractivity (Wildman–Crippen MR) is 47.8 cm³/mol. The molecule has 1 rings (SSSR count). The maximum atomic E-state index is 5.30. The van der Waals surface area contributed by atoms with Gasteiger partial charge in [-0.2, -0.15) is 0 Å². The minimum absolute atomic E-state index is 0.820. The van der Waals surface area contributed by atoms with Crippen LogP contribution >= 0.6 is 0 Å². The fourth-order valence-corrected chi connectivity index (χ4v) is 1.02. The number of hydrogen-bond acceptors (Lipinski definition) is 1. The lowest BCUT2D eigenvalue weighted by Crippen LogP contribution is -2.24. The highest BCUT2D eigenvalue weighted by Gasteiger charge is 2.04. The molecule has 1 heterocycles. The third-order valence-corrected chi connectivity index (χ3v) is 1.55. The lowest BCUT2D eigenvalue weighted by molar-refractivity contribution is 0.435. The van der Waals surface area contributed by atoms with Crippen LogP contribution in [0.1, 0.15) is 0 Å². The maximum Gasteiger partial charge on any atom is 0.0882 e. The standard InChI is InChI=1S/C10H11N/c1-3-8-11-9-6-5-7-10(11)4-2/h2-3,5-7H,1,8-9H2. The van der Waals surface area contributed by atoms with E-state index in [0.29, 0.717) is 0 Å². The second kappa shape index (κ2) is 3.68. The highest BCUT2D eigenvalue weighted by Crippen LogP contribution is 2.07. The first-order valence-electron chi connectivity index (χ1n) is 3.57. The zero-order valence-electron chi connectivity index (χ0n) is 6.46. The Balaban J connectivity index is 2.69. The molecule has 1 heteroatoms. The van der Waals surface area contributed by atoms with E-state index in [1.807, 2.05) is 18.2 Å². The smallest absolute Gasteiger partial charge is 0.0882 e. The predicted octanol–water partition coefficient (Wildman–Crippen LogP) is 1.56. The average molecular weight is 145 g/mol. The molecule has 0 aromatic heterocycles. The van der Waals surface area contributed by atoms with Gasteiger partial charge in [0, 0.05) is 13.1 Å². The second-order valence-electron chi connectivity index (χ2n) is 2.32. The summed E-state index contributed by atoms with van der Waals surface area (Å²) in [7, 11) is 0. The van der Waals surface area contributed by atoms with Crippen molar-refractivity contribution in [1.82, 2.24) is 4.90 Å². The molecule has 56 valence electrons. The minimum atomic E-state index is 0.820. The summed E-state index contributed by atoms with van der Waals surface area (Å²) in [5.41, 5.74) is 0.937. The molecular weight excluding hydrogens is 134 g/mol. The molecule has 0 spiro atoms. The maximum absolute atomic E-state index is 5.30. The molecule has 1 aliphatic rings. The van der Waals surface area contributed by atoms with Crippen molar-refractivity contribution in [2.45, 2.75) is 0 Å². The molecule has 0 N–H and O–H groups in total. The zero-order chi connectivity index (χ0) is 8.10. The molecule has 0 unspecified atom stereocenters. The summed E-state index contributed by atoms with van der Waals surface area (Å²) >= 11 is 0. The summed E-state index contributed by atoms with van der Waals surface area (Å²) in [5, 5.41) is 0. The van der Waals surface area contributed by atoms with Crippen LogP contribution in [0.4, 0.5) is 0 Å². The fraction of sp³-hybridized carbons (Fsp3) is 0.200. The van der Waals surface area contributed by atoms with Gasteiger partial charge >= 0.3 is 0 Å². The Morgan fingerprint density at radius 2 is 2.64 bits per heavy atom. The quantitative estimate of drug-likeness (QED) is 0.421. The van der Waals surface area contributed by atoms with Crippen molar-refractivity contribution in [3.63, 3.8) is 0 Å². The van der Waals surface area contributed by atoms with Gasteiger partial charge in [-0.25, -0.2) is 0 Å². The summed E-state index contributed by atoms with van der Waals surface area (Å²) in [6.07, 6.45) is 13.1. The summed E-state index contributed by atoms with van der Waals surface area (Å²) in [5.74, 6) is 2.63. The summed E-state index contributed by atoms with van der Waals surface area (Å²) in [4.78, 5) is 2.09. The first-order chi connectivity index (χ1) is 5.38. The van der Waals surface area contributed by atoms with Gasteiger partial charge in [0.2, 0.25) is 0 Å². The molecule has 1 nitrogen and oxygen atoms in total. The van der Waals surface area contributed by atoms with Crippen molar-refractivity contribution in [3.8, 4) is 12.3 Å². The van der Waals surface area contributed by atoms with Gasteiger partial charge in [-0.05, 0) is 6.08 Å². The van der Waals surface area contributed by atoms with Crippen molar-refractivity contribution in [1.29, 1.82) is 0 Å². The lowest BCUT2D eigenvalue weighted by atomic mass is 10.2. The summed E-state index contributed by atoms with van der Waals surface area (Å²) < 4.78 is 0. The van der Waals surface area contributed by atoms with Gasteiger partial charge in [-0.3, -0.25) is 0 Å². The number of nitrogens with zero attached hydrogens (tertiary/aromatic N) is 1. The van der Waals surface area contributed by atoms with Crippen molar-refractivity contribution < 1.29 is 0 Å². The van der Waals surface area contributed by atoms with Crippen LogP contribution in [0.2, 0.25) is 0 Å². The Morgan fingerprint density at radius 3 is 3.27 bits per heavy atom. The topological polar surface area (TPSA) is 3.24 Å². The normalized spacial score (nSPS) is 15.5. The van der Waals surface area contributed by atoms with E-state index in [2.05, 4.69) is 23.5 Å². The summed E-state index contributed by atoms with van der Waals surface area (Å²) in [6.45, 7) is 5.37. The third kappa shape index (κ3) is 1.75. The van der Waals surface area contributed by atoms with Crippen LogP contribution in [0.3, 0.4) is 0 Å². The Kier molecular flexibility index (Phi) is 2.57. The Morgan fingerprint density at radius 1 is 1.82 bits per heavy atom. The first-order valence-corrected chi connectivity index (χ1v) is 3.57. The molecule has 0 bridgehead atoms. The van der Waals surface area contributed by atoms with Gasteiger partial charge in [0.05, 0.1) is 5.70 Å². The molecule has 0 radical (unpaired) electrons. The van der Waals surface area contributed by atoms with Gasteiger partial charge in [0.25, 0.3) is 0 Å². The Hall–Kier alpha value is -1.42. The van der Waals surface area contributed by atoms with E-state index >= 15 is 0 Å². The molecule has 0 fully saturated rings. The van der Waals surface area contributed by atoms with Crippen molar-refractivity contribution in [2.24, 2.45) is 0 Å². The highest BCUT2D eigenvalue weighted by atomic mass is 15.1. The lowest BCUT2D eigenvalue weighted by Gasteiger charge is -2.22. The van der Waals surface area contributed by atoms with Gasteiger partial charge in [0.15, 0.2) is 0 Å². The average Bonchev–Trinajstić information content (AvgIpc) is 2.06. The zero-order valence-corrected chi connectivity index (χ0v) is 6.46. The van der Waals surface area contributed by atoms with E-state index < -0.39 is 0 Å². The van der Waals surface area contributed by atoms with Crippen molar-refractivity contribution in [2.75, 3.05) is 13.1 Å². The van der Waals surface area contributed by atoms with E-state index in [-0.39, 0.29) is 0 Å². The third-order valence-electron chi connectivity index (χ3n) is 1.55. The van der Waals surface area contributed by atoms with Gasteiger partial charge in [-0.15, -0.1) is 13.0 Å². The van der Waals surface area contributed by atoms with E-state index in [1.54, 1.807) is 0 Å². The fourth-order valence-electron chi connectivity index (χ4n) is 1.02. The molecular formula is C10H11N. The SMILES string of the molecule is C#CC1=CC=CCN1CC=C. The monoisotopic (exact) mass is 145 g/mol. The Bertz CT molecular complexity index is 238. The van der Waals surface area contributed by atoms with Crippen LogP contribution in [0, 0.1) is 12.3 Å². The van der Waals surface area contributed by atoms with E-state index in [1.165, 1.54) is 0 Å². The first kappa shape index (κ1) is 7.68. The van der Waals surface area contributed by atoms with Crippen LogP contribution in [-0.4, -0.2) is 18.0 Å². The Labute approximate surface area is 67.7 Å². The van der Waals surface area contributed by atoms with Crippen LogP contribution < -0.4 is 0 Å². The van der Waals surface area contributed by atoms with Gasteiger partial charge < -0.3 is 4.90 Å². The van der Waals surface area contributed by atoms with E-state index in [0.717, 1.165) is 18.8 Å². The molecule has 1 aliphatic heterocycles. The van der Waals surface area contributed by atoms with Crippen LogP contribution in [0.25, 0.3) is 0 Å². The highest BCUT2D eigenvalue weighted by molar-refractivity contribution is 5.31. The molecule has 0 saturated heterocycles. The van der Waals surface area contributed by atoms with Gasteiger partial charge in [-0.1, -0.05) is 24.1 Å². The number of hydrogen-bond donors (Lipinski definition) is 0. The van der Waals surface area contributed by atoms with E-state index in [4.69, 9.17) is 6.42 Å². The largest absolute Gasteiger partial charge is 0.357 e. The molecule has 0 aromatic rings. The molecule has 11 heavy (non-hydrogen) atoms. The molecule has 0 aliphatic carbocycles. The van der Waals surface area contributed by atoms with Crippen LogP contribution in [0.15, 0.2) is 36.6 Å². The number of allylic oxidation sites excluding steroid dienone is 3. The second-order valence-corrected chi connectivity index (χ2v) is 2.32. The van der Waals surface area contributed by atoms with Crippen LogP contribution in [-0.2, 0) is 0 Å². The molecule has 0 saturated carbocycles. The minimum Gasteiger partial charge on any atom is -0.357 e. The van der Waals surface area contributed by atoms with Crippen molar-refractivity contribution in [3.05, 3.63) is 36.6 Å². The van der Waals surface area contributed by atoms with E-state index in [9.17, 15) is 0 Å². The number of terminal acetylenes is 1. The molecule has 0 aromatic carbocycles. The molecule has 0 amide bonds.